The van der Waals surface area contributed by atoms with E-state index >= 15 is 0 Å². The molecule has 24 heavy (non-hydrogen) atoms. The van der Waals surface area contributed by atoms with E-state index in [1.165, 1.54) is 12.3 Å². The predicted octanol–water partition coefficient (Wildman–Crippen LogP) is 1.59. The topological polar surface area (TPSA) is 54.6 Å². The van der Waals surface area contributed by atoms with E-state index in [2.05, 4.69) is 20.9 Å². The number of hydrogen-bond acceptors (Lipinski definition) is 2. The molecule has 7 heteroatoms. The standard InChI is InChI=1S/C17H12BrFN2O2.K.H/c18-11-3-4-12(14(19)6-11)15-8-21-7-10(17(22)23)5-13(9-1-2-9)16(21)20-15;;/h3-9H,1-2H2,(H,22,23);;/q;+1;-1. The summed E-state index contributed by atoms with van der Waals surface area (Å²) < 4.78 is 16.5. The number of carboxylic acid groups (broad SMARTS) is 1. The number of pyridine rings is 1. The maximum atomic E-state index is 14.2. The molecule has 1 aliphatic carbocycles. The number of aromatic carboxylic acids is 1. The van der Waals surface area contributed by atoms with Crippen LogP contribution in [0.2, 0.25) is 0 Å². The molecule has 0 saturated heterocycles. The fourth-order valence-electron chi connectivity index (χ4n) is 2.76. The summed E-state index contributed by atoms with van der Waals surface area (Å²) in [6.45, 7) is 0. The van der Waals surface area contributed by atoms with Gasteiger partial charge in [0.2, 0.25) is 0 Å². The maximum Gasteiger partial charge on any atom is 1.00 e. The second-order valence-electron chi connectivity index (χ2n) is 5.74. The third-order valence-corrected chi connectivity index (χ3v) is 4.54. The third-order valence-electron chi connectivity index (χ3n) is 4.05. The summed E-state index contributed by atoms with van der Waals surface area (Å²) >= 11 is 3.24. The minimum absolute atomic E-state index is 0. The fraction of sp³-hybridized carbons (Fsp3) is 0.176. The van der Waals surface area contributed by atoms with Gasteiger partial charge in [-0.25, -0.2) is 14.2 Å². The molecule has 3 aromatic rings. The smallest absolute Gasteiger partial charge is 1.00 e. The van der Waals surface area contributed by atoms with Crippen molar-refractivity contribution in [3.8, 4) is 11.3 Å². The molecule has 1 fully saturated rings. The number of imidazole rings is 1. The van der Waals surface area contributed by atoms with Crippen molar-refractivity contribution in [3.05, 3.63) is 58.1 Å². The Labute approximate surface area is 190 Å². The third kappa shape index (κ3) is 3.38. The van der Waals surface area contributed by atoms with Gasteiger partial charge in [-0.1, -0.05) is 15.9 Å². The zero-order valence-electron chi connectivity index (χ0n) is 14.0. The molecule has 0 aliphatic heterocycles. The number of nitrogens with zero attached hydrogens (tertiary/aromatic N) is 2. The fourth-order valence-corrected chi connectivity index (χ4v) is 3.10. The van der Waals surface area contributed by atoms with Crippen LogP contribution in [0.1, 0.15) is 36.1 Å². The number of halogens is 2. The van der Waals surface area contributed by atoms with E-state index in [1.807, 2.05) is 0 Å². The monoisotopic (exact) mass is 414 g/mol. The normalized spacial score (nSPS) is 13.8. The Kier molecular flexibility index (Phi) is 5.29. The van der Waals surface area contributed by atoms with Gasteiger partial charge in [0, 0.05) is 22.4 Å². The molecule has 0 spiro atoms. The number of rotatable bonds is 3. The molecule has 1 saturated carbocycles. The maximum absolute atomic E-state index is 14.2. The molecule has 2 aromatic heterocycles. The van der Waals surface area contributed by atoms with Crippen molar-refractivity contribution in [2.24, 2.45) is 0 Å². The van der Waals surface area contributed by atoms with Crippen molar-refractivity contribution >= 4 is 27.5 Å². The van der Waals surface area contributed by atoms with Crippen LogP contribution in [-0.4, -0.2) is 20.5 Å². The van der Waals surface area contributed by atoms with E-state index in [1.54, 1.807) is 28.8 Å². The Bertz CT molecular complexity index is 959. The zero-order valence-corrected chi connectivity index (χ0v) is 17.7. The number of benzene rings is 1. The predicted molar refractivity (Wildman–Crippen MR) is 88.3 cm³/mol. The molecule has 2 heterocycles. The molecule has 4 rings (SSSR count). The largest absolute Gasteiger partial charge is 1.00 e. The Morgan fingerprint density at radius 2 is 2.08 bits per heavy atom. The number of carbonyl (C=O) groups is 1. The van der Waals surface area contributed by atoms with E-state index < -0.39 is 5.97 Å². The molecule has 1 N–H and O–H groups in total. The van der Waals surface area contributed by atoms with Crippen LogP contribution in [0.5, 0.6) is 0 Å². The van der Waals surface area contributed by atoms with Crippen LogP contribution in [0.15, 0.2) is 41.1 Å². The van der Waals surface area contributed by atoms with Crippen molar-refractivity contribution < 1.29 is 67.1 Å². The first kappa shape index (κ1) is 18.2. The number of aromatic nitrogens is 2. The van der Waals surface area contributed by atoms with Crippen molar-refractivity contribution in [2.75, 3.05) is 0 Å². The molecule has 0 atom stereocenters. The van der Waals surface area contributed by atoms with Crippen LogP contribution in [0.4, 0.5) is 4.39 Å². The molecule has 118 valence electrons. The number of fused-ring (bicyclic) bond motifs is 1. The van der Waals surface area contributed by atoms with Crippen LogP contribution in [0.25, 0.3) is 16.9 Å². The first-order chi connectivity index (χ1) is 11.0. The Morgan fingerprint density at radius 3 is 2.71 bits per heavy atom. The van der Waals surface area contributed by atoms with Gasteiger partial charge in [-0.15, -0.1) is 0 Å². The summed E-state index contributed by atoms with van der Waals surface area (Å²) in [5.74, 6) is -0.991. The average molecular weight is 415 g/mol. The van der Waals surface area contributed by atoms with Gasteiger partial charge in [-0.3, -0.25) is 0 Å². The van der Waals surface area contributed by atoms with E-state index in [4.69, 9.17) is 0 Å². The minimum Gasteiger partial charge on any atom is -1.00 e. The SMILES string of the molecule is O=C(O)c1cc(C2CC2)c2nc(-c3ccc(Br)cc3F)cn2c1.[H-].[K+]. The van der Waals surface area contributed by atoms with Crippen molar-refractivity contribution in [1.29, 1.82) is 0 Å². The van der Waals surface area contributed by atoms with Crippen LogP contribution in [0, 0.1) is 5.82 Å². The van der Waals surface area contributed by atoms with Gasteiger partial charge in [0.15, 0.2) is 0 Å². The Hall–Kier alpha value is -0.574. The van der Waals surface area contributed by atoms with Crippen LogP contribution in [0.3, 0.4) is 0 Å². The van der Waals surface area contributed by atoms with Crippen LogP contribution in [-0.2, 0) is 0 Å². The van der Waals surface area contributed by atoms with Gasteiger partial charge in [-0.05, 0) is 48.6 Å². The molecule has 4 nitrogen and oxygen atoms in total. The Balaban J connectivity index is 0.00000113. The summed E-state index contributed by atoms with van der Waals surface area (Å²) in [4.78, 5) is 15.9. The number of carboxylic acids is 1. The van der Waals surface area contributed by atoms with Gasteiger partial charge in [-0.2, -0.15) is 0 Å². The molecule has 1 aliphatic rings. The molecule has 0 amide bonds. The molecule has 0 radical (unpaired) electrons. The van der Waals surface area contributed by atoms with E-state index in [-0.39, 0.29) is 64.2 Å². The summed E-state index contributed by atoms with van der Waals surface area (Å²) in [7, 11) is 0. The second-order valence-corrected chi connectivity index (χ2v) is 6.66. The zero-order chi connectivity index (χ0) is 16.1. The van der Waals surface area contributed by atoms with Crippen LogP contribution >= 0.6 is 15.9 Å². The molecule has 1 aromatic carbocycles. The van der Waals surface area contributed by atoms with E-state index in [0.717, 1.165) is 18.4 Å². The summed E-state index contributed by atoms with van der Waals surface area (Å²) in [5.41, 5.74) is 2.75. The molecular formula is C17H13BrFKN2O2. The summed E-state index contributed by atoms with van der Waals surface area (Å²) in [6, 6.07) is 6.50. The summed E-state index contributed by atoms with van der Waals surface area (Å²) in [5, 5.41) is 9.27. The molecular weight excluding hydrogens is 402 g/mol. The van der Waals surface area contributed by atoms with Gasteiger partial charge in [0.1, 0.15) is 11.5 Å². The van der Waals surface area contributed by atoms with E-state index in [9.17, 15) is 14.3 Å². The summed E-state index contributed by atoms with van der Waals surface area (Å²) in [6.07, 6.45) is 5.28. The number of hydrogen-bond donors (Lipinski definition) is 1. The molecule has 0 unspecified atom stereocenters. The van der Waals surface area contributed by atoms with Gasteiger partial charge in [0.05, 0.1) is 11.3 Å². The van der Waals surface area contributed by atoms with Crippen molar-refractivity contribution in [1.82, 2.24) is 9.38 Å². The minimum atomic E-state index is -0.973. The van der Waals surface area contributed by atoms with E-state index in [0.29, 0.717) is 27.3 Å². The first-order valence-corrected chi connectivity index (χ1v) is 8.03. The van der Waals surface area contributed by atoms with Gasteiger partial charge < -0.3 is 10.9 Å². The Morgan fingerprint density at radius 1 is 1.33 bits per heavy atom. The first-order valence-electron chi connectivity index (χ1n) is 7.24. The quantitative estimate of drug-likeness (QED) is 0.662. The second kappa shape index (κ2) is 6.97. The van der Waals surface area contributed by atoms with Crippen molar-refractivity contribution in [3.63, 3.8) is 0 Å². The van der Waals surface area contributed by atoms with Gasteiger partial charge >= 0.3 is 57.4 Å². The molecule has 0 bridgehead atoms. The van der Waals surface area contributed by atoms with Gasteiger partial charge in [0.25, 0.3) is 0 Å². The van der Waals surface area contributed by atoms with Crippen LogP contribution < -0.4 is 51.4 Å². The average Bonchev–Trinajstić information content (AvgIpc) is 3.25. The van der Waals surface area contributed by atoms with Crippen molar-refractivity contribution in [2.45, 2.75) is 18.8 Å².